The van der Waals surface area contributed by atoms with Crippen LogP contribution < -0.4 is 0 Å². The molecule has 0 fully saturated rings. The lowest BCUT2D eigenvalue weighted by Crippen LogP contribution is -2.48. The van der Waals surface area contributed by atoms with Crippen molar-refractivity contribution in [2.24, 2.45) is 0 Å². The van der Waals surface area contributed by atoms with Gasteiger partial charge < -0.3 is 5.11 Å². The molecule has 0 spiro atoms. The maximum atomic E-state index is 15.8. The number of aliphatic hydroxyl groups is 1. The van der Waals surface area contributed by atoms with E-state index >= 15 is 8.78 Å². The fourth-order valence-corrected chi connectivity index (χ4v) is 3.50. The Morgan fingerprint density at radius 1 is 0.938 bits per heavy atom. The van der Waals surface area contributed by atoms with Gasteiger partial charge in [-0.3, -0.25) is 4.98 Å². The highest BCUT2D eigenvalue weighted by molar-refractivity contribution is 5.62. The minimum absolute atomic E-state index is 0.528. The van der Waals surface area contributed by atoms with Crippen LogP contribution in [0.15, 0.2) is 67.1 Å². The third kappa shape index (κ3) is 3.87. The van der Waals surface area contributed by atoms with Gasteiger partial charge in [-0.05, 0) is 47.5 Å². The third-order valence-corrected chi connectivity index (χ3v) is 5.34. The third-order valence-electron chi connectivity index (χ3n) is 5.34. The zero-order chi connectivity index (χ0) is 22.9. The van der Waals surface area contributed by atoms with E-state index in [4.69, 9.17) is 0 Å². The Morgan fingerprint density at radius 2 is 1.62 bits per heavy atom. The van der Waals surface area contributed by atoms with E-state index in [0.717, 1.165) is 40.3 Å². The summed E-state index contributed by atoms with van der Waals surface area (Å²) in [5.74, 6) is -4.93. The van der Waals surface area contributed by atoms with Gasteiger partial charge in [-0.25, -0.2) is 9.07 Å². The number of rotatable bonds is 6. The number of aromatic nitrogens is 5. The molecule has 0 radical (unpaired) electrons. The minimum atomic E-state index is -3.97. The van der Waals surface area contributed by atoms with Crippen molar-refractivity contribution in [2.45, 2.75) is 31.9 Å². The first-order valence-electron chi connectivity index (χ1n) is 9.82. The van der Waals surface area contributed by atoms with Crippen LogP contribution in [0.5, 0.6) is 0 Å². The Labute approximate surface area is 182 Å². The maximum absolute atomic E-state index is 15.8. The predicted octanol–water partition coefficient (Wildman–Crippen LogP) is 4.17. The van der Waals surface area contributed by atoms with Crippen molar-refractivity contribution in [1.29, 1.82) is 0 Å². The molecule has 1 unspecified atom stereocenters. The molecule has 0 amide bonds. The van der Waals surface area contributed by atoms with Gasteiger partial charge in [0.2, 0.25) is 0 Å². The van der Waals surface area contributed by atoms with Crippen LogP contribution in [0, 0.1) is 19.7 Å². The molecular weight excluding hydrogens is 419 g/mol. The van der Waals surface area contributed by atoms with E-state index in [1.165, 1.54) is 18.3 Å². The Bertz CT molecular complexity index is 1210. The quantitative estimate of drug-likeness (QED) is 0.488. The standard InChI is InChI=1S/C23H20F3N5O/c1-15-3-6-17(7-4-15)18-8-10-21(27-12-18)23(25,26)22(32,13-31-14-28-29-30-31)19-9-5-16(2)11-20(19)24/h3-12,14,32H,13H2,1-2H3. The van der Waals surface area contributed by atoms with Crippen molar-refractivity contribution < 1.29 is 18.3 Å². The summed E-state index contributed by atoms with van der Waals surface area (Å²) in [7, 11) is 0. The lowest BCUT2D eigenvalue weighted by molar-refractivity contribution is -0.207. The lowest BCUT2D eigenvalue weighted by Gasteiger charge is -2.35. The van der Waals surface area contributed by atoms with Crippen LogP contribution in [0.4, 0.5) is 13.2 Å². The summed E-state index contributed by atoms with van der Waals surface area (Å²) < 4.78 is 47.3. The minimum Gasteiger partial charge on any atom is -0.377 e. The normalized spacial score (nSPS) is 13.7. The van der Waals surface area contributed by atoms with E-state index in [0.29, 0.717) is 11.1 Å². The average Bonchev–Trinajstić information content (AvgIpc) is 3.27. The van der Waals surface area contributed by atoms with Crippen molar-refractivity contribution in [3.63, 3.8) is 0 Å². The summed E-state index contributed by atoms with van der Waals surface area (Å²) >= 11 is 0. The van der Waals surface area contributed by atoms with E-state index in [-0.39, 0.29) is 0 Å². The number of hydrogen-bond donors (Lipinski definition) is 1. The molecule has 6 nitrogen and oxygen atoms in total. The van der Waals surface area contributed by atoms with Gasteiger partial charge in [0.25, 0.3) is 0 Å². The van der Waals surface area contributed by atoms with Crippen molar-refractivity contribution in [2.75, 3.05) is 0 Å². The lowest BCUT2D eigenvalue weighted by atomic mass is 9.84. The first kappa shape index (κ1) is 21.6. The van der Waals surface area contributed by atoms with Crippen molar-refractivity contribution in [3.05, 3.63) is 95.3 Å². The largest absolute Gasteiger partial charge is 0.377 e. The van der Waals surface area contributed by atoms with E-state index in [2.05, 4.69) is 20.5 Å². The number of pyridine rings is 1. The van der Waals surface area contributed by atoms with Crippen LogP contribution in [0.3, 0.4) is 0 Å². The molecule has 0 saturated carbocycles. The molecule has 0 aliphatic heterocycles. The van der Waals surface area contributed by atoms with E-state index < -0.39 is 35.1 Å². The van der Waals surface area contributed by atoms with Gasteiger partial charge in [-0.2, -0.15) is 8.78 Å². The van der Waals surface area contributed by atoms with Gasteiger partial charge in [-0.1, -0.05) is 48.0 Å². The Kier molecular flexibility index (Phi) is 5.52. The number of hydrogen-bond acceptors (Lipinski definition) is 5. The molecule has 0 aliphatic carbocycles. The molecule has 0 aliphatic rings. The zero-order valence-corrected chi connectivity index (χ0v) is 17.4. The molecule has 1 N–H and O–H groups in total. The van der Waals surface area contributed by atoms with Crippen molar-refractivity contribution in [1.82, 2.24) is 25.2 Å². The van der Waals surface area contributed by atoms with Gasteiger partial charge in [0.15, 0.2) is 5.60 Å². The molecule has 4 rings (SSSR count). The fraction of sp³-hybridized carbons (Fsp3) is 0.217. The molecule has 4 aromatic rings. The second-order valence-electron chi connectivity index (χ2n) is 7.72. The summed E-state index contributed by atoms with van der Waals surface area (Å²) in [5, 5.41) is 21.7. The van der Waals surface area contributed by atoms with Crippen LogP contribution >= 0.6 is 0 Å². The number of tetrazole rings is 1. The van der Waals surface area contributed by atoms with Crippen LogP contribution in [0.2, 0.25) is 0 Å². The summed E-state index contributed by atoms with van der Waals surface area (Å²) in [6.45, 7) is 2.78. The topological polar surface area (TPSA) is 76.7 Å². The van der Waals surface area contributed by atoms with Gasteiger partial charge in [-0.15, -0.1) is 5.10 Å². The number of halogens is 3. The molecule has 164 valence electrons. The maximum Gasteiger partial charge on any atom is 0.323 e. The smallest absolute Gasteiger partial charge is 0.323 e. The van der Waals surface area contributed by atoms with Gasteiger partial charge in [0.1, 0.15) is 17.8 Å². The molecule has 2 aromatic carbocycles. The summed E-state index contributed by atoms with van der Waals surface area (Å²) in [4.78, 5) is 3.92. The Hall–Kier alpha value is -3.59. The second-order valence-corrected chi connectivity index (χ2v) is 7.72. The second kappa shape index (κ2) is 8.16. The van der Waals surface area contributed by atoms with E-state index in [1.54, 1.807) is 6.92 Å². The fourth-order valence-electron chi connectivity index (χ4n) is 3.50. The molecule has 0 bridgehead atoms. The highest BCUT2D eigenvalue weighted by Crippen LogP contribution is 2.46. The van der Waals surface area contributed by atoms with Gasteiger partial charge in [0.05, 0.1) is 6.54 Å². The number of alkyl halides is 2. The summed E-state index contributed by atoms with van der Waals surface area (Å²) in [6.07, 6.45) is 2.37. The molecule has 32 heavy (non-hydrogen) atoms. The van der Waals surface area contributed by atoms with Crippen molar-refractivity contribution >= 4 is 0 Å². The van der Waals surface area contributed by atoms with Crippen LogP contribution in [0.1, 0.15) is 22.4 Å². The number of benzene rings is 2. The monoisotopic (exact) mass is 439 g/mol. The molecular formula is C23H20F3N5O. The van der Waals surface area contributed by atoms with Crippen LogP contribution in [-0.4, -0.2) is 30.3 Å². The van der Waals surface area contributed by atoms with E-state index in [1.807, 2.05) is 31.2 Å². The van der Waals surface area contributed by atoms with Crippen LogP contribution in [0.25, 0.3) is 11.1 Å². The summed E-state index contributed by atoms with van der Waals surface area (Å²) in [5.41, 5.74) is -1.24. The SMILES string of the molecule is Cc1ccc(-c2ccc(C(F)(F)C(O)(Cn3cnnn3)c3ccc(C)cc3F)nc2)cc1. The zero-order valence-electron chi connectivity index (χ0n) is 17.4. The number of aryl methyl sites for hydroxylation is 2. The number of nitrogens with zero attached hydrogens (tertiary/aromatic N) is 5. The Balaban J connectivity index is 1.78. The molecule has 1 atom stereocenters. The molecule has 2 heterocycles. The summed E-state index contributed by atoms with van der Waals surface area (Å²) in [6, 6.07) is 13.8. The van der Waals surface area contributed by atoms with Crippen LogP contribution in [-0.2, 0) is 18.1 Å². The first-order valence-corrected chi connectivity index (χ1v) is 9.82. The van der Waals surface area contributed by atoms with Gasteiger partial charge >= 0.3 is 5.92 Å². The highest BCUT2D eigenvalue weighted by atomic mass is 19.3. The van der Waals surface area contributed by atoms with E-state index in [9.17, 15) is 9.50 Å². The predicted molar refractivity (Wildman–Crippen MR) is 111 cm³/mol. The van der Waals surface area contributed by atoms with Gasteiger partial charge in [0, 0.05) is 17.3 Å². The molecule has 0 saturated heterocycles. The Morgan fingerprint density at radius 3 is 2.22 bits per heavy atom. The van der Waals surface area contributed by atoms with Crippen molar-refractivity contribution in [3.8, 4) is 11.1 Å². The molecule has 2 aromatic heterocycles. The highest BCUT2D eigenvalue weighted by Gasteiger charge is 2.57. The average molecular weight is 439 g/mol. The first-order chi connectivity index (χ1) is 15.2. The molecule has 9 heteroatoms.